The second-order valence-electron chi connectivity index (χ2n) is 4.52. The summed E-state index contributed by atoms with van der Waals surface area (Å²) in [6.07, 6.45) is 0. The van der Waals surface area contributed by atoms with E-state index in [1.807, 2.05) is 44.2 Å². The van der Waals surface area contributed by atoms with Crippen LogP contribution in [0, 0.1) is 6.92 Å². The van der Waals surface area contributed by atoms with Crippen LogP contribution >= 0.6 is 0 Å². The highest BCUT2D eigenvalue weighted by Gasteiger charge is 2.10. The Morgan fingerprint density at radius 3 is 2.32 bits per heavy atom. The van der Waals surface area contributed by atoms with Crippen molar-refractivity contribution in [2.45, 2.75) is 13.8 Å². The fraction of sp³-hybridized carbons (Fsp3) is 0.118. The van der Waals surface area contributed by atoms with Crippen LogP contribution < -0.4 is 4.74 Å². The number of esters is 1. The Hall–Kier alpha value is -2.35. The fourth-order valence-electron chi connectivity index (χ4n) is 1.76. The molecule has 0 aromatic heterocycles. The number of ether oxygens (including phenoxy) is 1. The molecule has 0 unspecified atom stereocenters. The zero-order valence-corrected chi connectivity index (χ0v) is 11.1. The molecule has 2 nitrogen and oxygen atoms in total. The Bertz CT molecular complexity index is 612. The molecule has 0 N–H and O–H groups in total. The lowest BCUT2D eigenvalue weighted by molar-refractivity contribution is 0.0733. The molecule has 0 heterocycles. The van der Waals surface area contributed by atoms with Gasteiger partial charge >= 0.3 is 5.97 Å². The number of carbonyl (C=O) groups is 1. The topological polar surface area (TPSA) is 26.3 Å². The molecule has 0 spiro atoms. The van der Waals surface area contributed by atoms with Crippen molar-refractivity contribution in [1.29, 1.82) is 0 Å². The van der Waals surface area contributed by atoms with Gasteiger partial charge in [-0.2, -0.15) is 0 Å². The van der Waals surface area contributed by atoms with Gasteiger partial charge in [0.25, 0.3) is 0 Å². The van der Waals surface area contributed by atoms with Crippen molar-refractivity contribution in [3.63, 3.8) is 0 Å². The molecule has 96 valence electrons. The minimum atomic E-state index is -0.341. The number of aryl methyl sites for hydroxylation is 1. The van der Waals surface area contributed by atoms with Crippen LogP contribution in [0.4, 0.5) is 0 Å². The highest BCUT2D eigenvalue weighted by Crippen LogP contribution is 2.23. The van der Waals surface area contributed by atoms with Crippen LogP contribution in [0.1, 0.15) is 28.4 Å². The van der Waals surface area contributed by atoms with Crippen LogP contribution in [0.5, 0.6) is 5.75 Å². The molecule has 2 heteroatoms. The SMILES string of the molecule is C=C(C)c1ccc(OC(=O)c2ccccc2)c(C)c1. The number of allylic oxidation sites excluding steroid dienone is 1. The predicted molar refractivity (Wildman–Crippen MR) is 77.3 cm³/mol. The molecule has 0 bridgehead atoms. The maximum atomic E-state index is 11.9. The molecule has 2 rings (SSSR count). The highest BCUT2D eigenvalue weighted by atomic mass is 16.5. The van der Waals surface area contributed by atoms with Crippen LogP contribution in [0.3, 0.4) is 0 Å². The van der Waals surface area contributed by atoms with E-state index in [2.05, 4.69) is 6.58 Å². The van der Waals surface area contributed by atoms with E-state index in [-0.39, 0.29) is 5.97 Å². The molecule has 0 aliphatic rings. The van der Waals surface area contributed by atoms with Crippen LogP contribution in [-0.2, 0) is 0 Å². The van der Waals surface area contributed by atoms with Crippen molar-refractivity contribution in [3.05, 3.63) is 71.8 Å². The first kappa shape index (κ1) is 13.1. The van der Waals surface area contributed by atoms with E-state index in [1.54, 1.807) is 18.2 Å². The lowest BCUT2D eigenvalue weighted by Gasteiger charge is -2.09. The molecule has 0 amide bonds. The van der Waals surface area contributed by atoms with Crippen molar-refractivity contribution in [3.8, 4) is 5.75 Å². The van der Waals surface area contributed by atoms with Crippen molar-refractivity contribution < 1.29 is 9.53 Å². The third kappa shape index (κ3) is 3.10. The summed E-state index contributed by atoms with van der Waals surface area (Å²) in [5, 5.41) is 0. The van der Waals surface area contributed by atoms with Gasteiger partial charge in [0.2, 0.25) is 0 Å². The Morgan fingerprint density at radius 1 is 1.05 bits per heavy atom. The zero-order chi connectivity index (χ0) is 13.8. The summed E-state index contributed by atoms with van der Waals surface area (Å²) >= 11 is 0. The van der Waals surface area contributed by atoms with Crippen LogP contribution in [-0.4, -0.2) is 5.97 Å². The number of hydrogen-bond acceptors (Lipinski definition) is 2. The third-order valence-corrected chi connectivity index (χ3v) is 2.88. The van der Waals surface area contributed by atoms with Crippen LogP contribution in [0.25, 0.3) is 5.57 Å². The van der Waals surface area contributed by atoms with Crippen LogP contribution in [0.2, 0.25) is 0 Å². The van der Waals surface area contributed by atoms with Gasteiger partial charge in [-0.3, -0.25) is 0 Å². The normalized spacial score (nSPS) is 10.0. The van der Waals surface area contributed by atoms with Crippen molar-refractivity contribution >= 4 is 11.5 Å². The molecule has 0 fully saturated rings. The Morgan fingerprint density at radius 2 is 1.74 bits per heavy atom. The summed E-state index contributed by atoms with van der Waals surface area (Å²) in [6, 6.07) is 14.6. The Kier molecular flexibility index (Phi) is 3.81. The van der Waals surface area contributed by atoms with Crippen LogP contribution in [0.15, 0.2) is 55.1 Å². The van der Waals surface area contributed by atoms with E-state index in [1.165, 1.54) is 0 Å². The fourth-order valence-corrected chi connectivity index (χ4v) is 1.76. The summed E-state index contributed by atoms with van der Waals surface area (Å²) in [6.45, 7) is 7.76. The van der Waals surface area contributed by atoms with E-state index < -0.39 is 0 Å². The number of carbonyl (C=O) groups excluding carboxylic acids is 1. The van der Waals surface area contributed by atoms with E-state index in [4.69, 9.17) is 4.74 Å². The monoisotopic (exact) mass is 252 g/mol. The summed E-state index contributed by atoms with van der Waals surface area (Å²) in [7, 11) is 0. The van der Waals surface area contributed by atoms with Gasteiger partial charge in [0.1, 0.15) is 5.75 Å². The minimum absolute atomic E-state index is 0.341. The van der Waals surface area contributed by atoms with Gasteiger partial charge in [0, 0.05) is 0 Å². The summed E-state index contributed by atoms with van der Waals surface area (Å²) in [5.74, 6) is 0.241. The summed E-state index contributed by atoms with van der Waals surface area (Å²) in [4.78, 5) is 11.9. The van der Waals surface area contributed by atoms with Crippen molar-refractivity contribution in [2.24, 2.45) is 0 Å². The van der Waals surface area contributed by atoms with Crippen molar-refractivity contribution in [1.82, 2.24) is 0 Å². The maximum absolute atomic E-state index is 11.9. The first-order chi connectivity index (χ1) is 9.08. The van der Waals surface area contributed by atoms with E-state index in [0.717, 1.165) is 16.7 Å². The highest BCUT2D eigenvalue weighted by molar-refractivity contribution is 5.91. The smallest absolute Gasteiger partial charge is 0.343 e. The average Bonchev–Trinajstić information content (AvgIpc) is 2.41. The molecule has 0 aliphatic heterocycles. The molecular weight excluding hydrogens is 236 g/mol. The molecule has 0 radical (unpaired) electrons. The first-order valence-corrected chi connectivity index (χ1v) is 6.11. The molecule has 0 aliphatic carbocycles. The lowest BCUT2D eigenvalue weighted by atomic mass is 10.1. The lowest BCUT2D eigenvalue weighted by Crippen LogP contribution is -2.09. The van der Waals surface area contributed by atoms with Crippen molar-refractivity contribution in [2.75, 3.05) is 0 Å². The summed E-state index contributed by atoms with van der Waals surface area (Å²) < 4.78 is 5.40. The number of benzene rings is 2. The molecule has 0 saturated heterocycles. The molecule has 19 heavy (non-hydrogen) atoms. The summed E-state index contributed by atoms with van der Waals surface area (Å²) in [5.41, 5.74) is 3.51. The number of hydrogen-bond donors (Lipinski definition) is 0. The minimum Gasteiger partial charge on any atom is -0.423 e. The second kappa shape index (κ2) is 5.53. The van der Waals surface area contributed by atoms with Gasteiger partial charge in [-0.15, -0.1) is 0 Å². The largest absolute Gasteiger partial charge is 0.423 e. The molecule has 2 aromatic rings. The van der Waals surface area contributed by atoms with Gasteiger partial charge in [-0.05, 0) is 49.2 Å². The van der Waals surface area contributed by atoms with E-state index in [9.17, 15) is 4.79 Å². The predicted octanol–water partition coefficient (Wildman–Crippen LogP) is 4.25. The second-order valence-corrected chi connectivity index (χ2v) is 4.52. The quantitative estimate of drug-likeness (QED) is 0.603. The first-order valence-electron chi connectivity index (χ1n) is 6.11. The maximum Gasteiger partial charge on any atom is 0.343 e. The molecule has 2 aromatic carbocycles. The third-order valence-electron chi connectivity index (χ3n) is 2.88. The van der Waals surface area contributed by atoms with Gasteiger partial charge in [0.15, 0.2) is 0 Å². The Balaban J connectivity index is 2.20. The van der Waals surface area contributed by atoms with Gasteiger partial charge < -0.3 is 4.74 Å². The zero-order valence-electron chi connectivity index (χ0n) is 11.1. The molecular formula is C17H16O2. The van der Waals surface area contributed by atoms with E-state index >= 15 is 0 Å². The van der Waals surface area contributed by atoms with Gasteiger partial charge in [-0.25, -0.2) is 4.79 Å². The van der Waals surface area contributed by atoms with Gasteiger partial charge in [-0.1, -0.05) is 36.4 Å². The molecule has 0 saturated carbocycles. The average molecular weight is 252 g/mol. The number of rotatable bonds is 3. The Labute approximate surface area is 113 Å². The molecule has 0 atom stereocenters. The standard InChI is InChI=1S/C17H16O2/c1-12(2)15-9-10-16(13(3)11-15)19-17(18)14-7-5-4-6-8-14/h4-11H,1H2,2-3H3. The van der Waals surface area contributed by atoms with Gasteiger partial charge in [0.05, 0.1) is 5.56 Å². The van der Waals surface area contributed by atoms with E-state index in [0.29, 0.717) is 11.3 Å².